The van der Waals surface area contributed by atoms with Crippen LogP contribution in [0.15, 0.2) is 29.3 Å². The number of nitrogens with one attached hydrogen (secondary N) is 1. The summed E-state index contributed by atoms with van der Waals surface area (Å²) in [5.41, 5.74) is 0.684. The largest absolute Gasteiger partial charge is 0.494 e. The van der Waals surface area contributed by atoms with Crippen LogP contribution in [0.3, 0.4) is 0 Å². The van der Waals surface area contributed by atoms with Gasteiger partial charge >= 0.3 is 0 Å². The van der Waals surface area contributed by atoms with Crippen molar-refractivity contribution in [3.63, 3.8) is 0 Å². The predicted molar refractivity (Wildman–Crippen MR) is 102 cm³/mol. The van der Waals surface area contributed by atoms with E-state index in [0.29, 0.717) is 30.7 Å². The Kier molecular flexibility index (Phi) is 6.51. The molecule has 3 rings (SSSR count). The topological polar surface area (TPSA) is 80.2 Å². The number of carbonyl (C=O) groups is 2. The fourth-order valence-corrected chi connectivity index (χ4v) is 3.75. The van der Waals surface area contributed by atoms with Gasteiger partial charge in [0.25, 0.3) is 5.91 Å². The van der Waals surface area contributed by atoms with Crippen LogP contribution in [-0.4, -0.2) is 60.0 Å². The second-order valence-electron chi connectivity index (χ2n) is 6.06. The molecule has 1 atom stereocenters. The number of thioether (sulfide) groups is 1. The van der Waals surface area contributed by atoms with Crippen molar-refractivity contribution in [3.05, 3.63) is 24.3 Å². The van der Waals surface area contributed by atoms with Gasteiger partial charge in [0, 0.05) is 25.2 Å². The molecule has 2 aliphatic heterocycles. The maximum atomic E-state index is 12.3. The Labute approximate surface area is 157 Å². The molecule has 0 aliphatic carbocycles. The lowest BCUT2D eigenvalue weighted by Gasteiger charge is -2.27. The van der Waals surface area contributed by atoms with Gasteiger partial charge in [-0.1, -0.05) is 18.7 Å². The van der Waals surface area contributed by atoms with Crippen LogP contribution in [0.25, 0.3) is 0 Å². The fourth-order valence-electron chi connectivity index (χ4n) is 2.63. The first kappa shape index (κ1) is 18.7. The summed E-state index contributed by atoms with van der Waals surface area (Å²) < 4.78 is 10.8. The van der Waals surface area contributed by atoms with Gasteiger partial charge in [0.2, 0.25) is 5.91 Å². The molecule has 0 spiro atoms. The molecule has 0 bridgehead atoms. The highest BCUT2D eigenvalue weighted by molar-refractivity contribution is 8.15. The number of carbonyl (C=O) groups excluding carboxylic acids is 2. The molecule has 8 heteroatoms. The summed E-state index contributed by atoms with van der Waals surface area (Å²) in [4.78, 5) is 30.5. The molecule has 7 nitrogen and oxygen atoms in total. The van der Waals surface area contributed by atoms with Crippen LogP contribution >= 0.6 is 11.8 Å². The van der Waals surface area contributed by atoms with Gasteiger partial charge in [0.05, 0.1) is 19.8 Å². The lowest BCUT2D eigenvalue weighted by atomic mass is 10.2. The second-order valence-corrected chi connectivity index (χ2v) is 7.23. The number of nitrogens with zero attached hydrogens (tertiary/aromatic N) is 2. The standard InChI is InChI=1S/C18H23N3O4S/c1-2-9-25-14-5-3-13(4-6-14)19-16(22)12-15-17(23)20-18(26-15)21-7-10-24-11-8-21/h3-6,15H,2,7-12H2,1H3,(H,19,22)/t15-/m1/s1. The van der Waals surface area contributed by atoms with Gasteiger partial charge in [-0.3, -0.25) is 9.59 Å². The van der Waals surface area contributed by atoms with Crippen LogP contribution in [0.4, 0.5) is 5.69 Å². The number of morpholine rings is 1. The average Bonchev–Trinajstić information content (AvgIpc) is 3.02. The van der Waals surface area contributed by atoms with E-state index in [0.717, 1.165) is 25.3 Å². The molecule has 0 radical (unpaired) electrons. The number of hydrogen-bond donors (Lipinski definition) is 1. The molecular formula is C18H23N3O4S. The minimum Gasteiger partial charge on any atom is -0.494 e. The lowest BCUT2D eigenvalue weighted by molar-refractivity contribution is -0.121. The first-order chi connectivity index (χ1) is 12.7. The Balaban J connectivity index is 1.48. The molecule has 1 N–H and O–H groups in total. The molecule has 0 unspecified atom stereocenters. The molecule has 140 valence electrons. The minimum absolute atomic E-state index is 0.106. The third kappa shape index (κ3) is 4.98. The number of hydrogen-bond acceptors (Lipinski definition) is 6. The molecule has 26 heavy (non-hydrogen) atoms. The predicted octanol–water partition coefficient (Wildman–Crippen LogP) is 2.13. The Morgan fingerprint density at radius 2 is 2.08 bits per heavy atom. The van der Waals surface area contributed by atoms with Crippen LogP contribution in [0.5, 0.6) is 5.75 Å². The Bertz CT molecular complexity index is 672. The van der Waals surface area contributed by atoms with E-state index in [4.69, 9.17) is 9.47 Å². The number of amides is 2. The van der Waals surface area contributed by atoms with Crippen LogP contribution < -0.4 is 10.1 Å². The normalized spacial score (nSPS) is 20.0. The molecule has 1 fully saturated rings. The van der Waals surface area contributed by atoms with E-state index < -0.39 is 5.25 Å². The van der Waals surface area contributed by atoms with E-state index in [-0.39, 0.29) is 18.2 Å². The summed E-state index contributed by atoms with van der Waals surface area (Å²) in [6, 6.07) is 7.23. The molecule has 0 aromatic heterocycles. The monoisotopic (exact) mass is 377 g/mol. The maximum Gasteiger partial charge on any atom is 0.262 e. The summed E-state index contributed by atoms with van der Waals surface area (Å²) in [6.07, 6.45) is 1.05. The van der Waals surface area contributed by atoms with Gasteiger partial charge in [0.15, 0.2) is 5.17 Å². The second kappa shape index (κ2) is 9.05. The van der Waals surface area contributed by atoms with Crippen LogP contribution in [0.2, 0.25) is 0 Å². The quantitative estimate of drug-likeness (QED) is 0.818. The smallest absolute Gasteiger partial charge is 0.262 e. The van der Waals surface area contributed by atoms with Gasteiger partial charge in [-0.05, 0) is 30.7 Å². The van der Waals surface area contributed by atoms with Crippen molar-refractivity contribution in [2.45, 2.75) is 25.0 Å². The summed E-state index contributed by atoms with van der Waals surface area (Å²) in [6.45, 7) is 5.44. The number of ether oxygens (including phenoxy) is 2. The van der Waals surface area contributed by atoms with E-state index in [1.807, 2.05) is 24.0 Å². The van der Waals surface area contributed by atoms with Crippen molar-refractivity contribution in [1.29, 1.82) is 0 Å². The first-order valence-corrected chi connectivity index (χ1v) is 9.68. The zero-order valence-electron chi connectivity index (χ0n) is 14.8. The third-order valence-electron chi connectivity index (χ3n) is 3.99. The molecule has 0 saturated carbocycles. The van der Waals surface area contributed by atoms with Crippen molar-refractivity contribution in [2.24, 2.45) is 4.99 Å². The minimum atomic E-state index is -0.458. The van der Waals surface area contributed by atoms with E-state index in [9.17, 15) is 9.59 Å². The Hall–Kier alpha value is -2.06. The lowest BCUT2D eigenvalue weighted by Crippen LogP contribution is -2.39. The molecular weight excluding hydrogens is 354 g/mol. The summed E-state index contributed by atoms with van der Waals surface area (Å²) in [5, 5.41) is 3.07. The van der Waals surface area contributed by atoms with Crippen LogP contribution in [0, 0.1) is 0 Å². The van der Waals surface area contributed by atoms with Crippen molar-refractivity contribution < 1.29 is 19.1 Å². The highest BCUT2D eigenvalue weighted by Gasteiger charge is 2.33. The van der Waals surface area contributed by atoms with Crippen molar-refractivity contribution in [2.75, 3.05) is 38.2 Å². The van der Waals surface area contributed by atoms with Gasteiger partial charge < -0.3 is 19.7 Å². The number of anilines is 1. The van der Waals surface area contributed by atoms with Crippen molar-refractivity contribution in [1.82, 2.24) is 4.90 Å². The molecule has 2 heterocycles. The van der Waals surface area contributed by atoms with Crippen LogP contribution in [0.1, 0.15) is 19.8 Å². The Morgan fingerprint density at radius 3 is 2.77 bits per heavy atom. The zero-order valence-corrected chi connectivity index (χ0v) is 15.6. The third-order valence-corrected chi connectivity index (χ3v) is 5.21. The SMILES string of the molecule is CCCOc1ccc(NC(=O)C[C@H]2SC(N3CCOCC3)=NC2=O)cc1. The van der Waals surface area contributed by atoms with Gasteiger partial charge in [0.1, 0.15) is 11.0 Å². The summed E-state index contributed by atoms with van der Waals surface area (Å²) in [7, 11) is 0. The van der Waals surface area contributed by atoms with Crippen LogP contribution in [-0.2, 0) is 14.3 Å². The number of benzene rings is 1. The summed E-state index contributed by atoms with van der Waals surface area (Å²) in [5.74, 6) is 0.335. The highest BCUT2D eigenvalue weighted by atomic mass is 32.2. The van der Waals surface area contributed by atoms with Gasteiger partial charge in [-0.2, -0.15) is 4.99 Å². The van der Waals surface area contributed by atoms with E-state index in [1.54, 1.807) is 12.1 Å². The van der Waals surface area contributed by atoms with Crippen molar-refractivity contribution in [3.8, 4) is 5.75 Å². The zero-order chi connectivity index (χ0) is 18.4. The van der Waals surface area contributed by atoms with Gasteiger partial charge in [-0.15, -0.1) is 0 Å². The maximum absolute atomic E-state index is 12.3. The summed E-state index contributed by atoms with van der Waals surface area (Å²) >= 11 is 1.37. The number of rotatable bonds is 6. The average molecular weight is 377 g/mol. The van der Waals surface area contributed by atoms with E-state index >= 15 is 0 Å². The molecule has 2 amide bonds. The molecule has 2 aliphatic rings. The Morgan fingerprint density at radius 1 is 1.35 bits per heavy atom. The fraction of sp³-hybridized carbons (Fsp3) is 0.500. The highest BCUT2D eigenvalue weighted by Crippen LogP contribution is 2.28. The van der Waals surface area contributed by atoms with E-state index in [1.165, 1.54) is 11.8 Å². The van der Waals surface area contributed by atoms with E-state index in [2.05, 4.69) is 10.3 Å². The molecule has 1 aromatic rings. The molecule has 1 saturated heterocycles. The van der Waals surface area contributed by atoms with Crippen molar-refractivity contribution >= 4 is 34.4 Å². The number of aliphatic imine (C=N–C) groups is 1. The number of amidine groups is 1. The van der Waals surface area contributed by atoms with Gasteiger partial charge in [-0.25, -0.2) is 0 Å². The molecule has 1 aromatic carbocycles. The first-order valence-electron chi connectivity index (χ1n) is 8.80.